The number of hydrogen-bond donors (Lipinski definition) is 4. The monoisotopic (exact) mass is 531 g/mol. The third-order valence-electron chi connectivity index (χ3n) is 10.5. The average molecular weight is 532 g/mol. The first-order valence-electron chi connectivity index (χ1n) is 13.5. The number of nitrogens with zero attached hydrogens (tertiary/aromatic N) is 1. The quantitative estimate of drug-likeness (QED) is 0.457. The lowest BCUT2D eigenvalue weighted by Gasteiger charge is -2.61. The number of hydrogen-bond acceptors (Lipinski definition) is 9. The third kappa shape index (κ3) is 4.16. The molecule has 9 atom stereocenters. The summed E-state index contributed by atoms with van der Waals surface area (Å²) in [5.41, 5.74) is 4.04. The molecule has 3 aliphatic rings. The van der Waals surface area contributed by atoms with Gasteiger partial charge in [0.25, 0.3) is 5.91 Å². The normalized spacial score (nSPS) is 40.5. The molecule has 1 heterocycles. The second kappa shape index (κ2) is 9.79. The van der Waals surface area contributed by atoms with E-state index in [2.05, 4.69) is 17.2 Å². The molecule has 3 aliphatic carbocycles. The van der Waals surface area contributed by atoms with Crippen molar-refractivity contribution < 1.29 is 34.1 Å². The van der Waals surface area contributed by atoms with Gasteiger partial charge in [-0.1, -0.05) is 34.6 Å². The lowest BCUT2D eigenvalue weighted by Crippen LogP contribution is -2.63. The predicted octanol–water partition coefficient (Wildman–Crippen LogP) is 3.10. The number of rotatable bonds is 4. The zero-order valence-corrected chi connectivity index (χ0v) is 23.1. The van der Waals surface area contributed by atoms with Gasteiger partial charge in [-0.3, -0.25) is 14.9 Å². The van der Waals surface area contributed by atoms with Gasteiger partial charge in [0.05, 0.1) is 24.5 Å². The number of aliphatic hydroxyl groups is 2. The molecule has 2 amide bonds. The number of carbonyl (C=O) groups excluding carboxylic acids is 3. The molecule has 5 N–H and O–H groups in total. The molecule has 3 unspecified atom stereocenters. The maximum absolute atomic E-state index is 13.6. The summed E-state index contributed by atoms with van der Waals surface area (Å²) in [5.74, 6) is -1.64. The number of imide groups is 1. The number of methoxy groups -OCH3 is 1. The van der Waals surface area contributed by atoms with Gasteiger partial charge < -0.3 is 25.4 Å². The van der Waals surface area contributed by atoms with Crippen molar-refractivity contribution in [3.05, 3.63) is 17.8 Å². The molecular formula is C28H41N3O7. The highest BCUT2D eigenvalue weighted by Gasteiger charge is 2.70. The van der Waals surface area contributed by atoms with Crippen LogP contribution in [-0.4, -0.2) is 58.4 Å². The Morgan fingerprint density at radius 1 is 1.24 bits per heavy atom. The van der Waals surface area contributed by atoms with E-state index in [1.807, 2.05) is 27.7 Å². The standard InChI is InChI=1S/C28H41N3O7/c1-7-26(4)12-19(38-25(36)31-23(35)16-10-17(29)24(37-6)30-13-16)27(5)14(2)8-9-28(15(3)22(26)34)11-18(32)20(33)21(27)28/h10,13-15,18-19,21-22,32,34H,7-9,11-12,29H2,1-6H3,(H,31,35,36)/t14?,15-,18-,19?,21?,22-,26+,27-,28-/m0/s1. The zero-order chi connectivity index (χ0) is 28.2. The fourth-order valence-corrected chi connectivity index (χ4v) is 7.78. The molecule has 210 valence electrons. The molecule has 2 bridgehead atoms. The van der Waals surface area contributed by atoms with Crippen molar-refractivity contribution in [2.75, 3.05) is 12.8 Å². The first-order chi connectivity index (χ1) is 17.7. The predicted molar refractivity (Wildman–Crippen MR) is 139 cm³/mol. The SMILES string of the molecule is CC[C@]1(C)CC(OC(=O)NC(=O)c2cnc(OC)c(N)c2)[C@]2(C)C(C)CC[C@]3(C[C@H](O)C(=O)C23)[C@@H](C)[C@@H]1O. The average Bonchev–Trinajstić information content (AvgIpc) is 3.15. The molecule has 0 saturated heterocycles. The molecule has 1 aromatic heterocycles. The molecule has 38 heavy (non-hydrogen) atoms. The highest BCUT2D eigenvalue weighted by Crippen LogP contribution is 2.68. The van der Waals surface area contributed by atoms with Crippen LogP contribution in [0.5, 0.6) is 5.88 Å². The Morgan fingerprint density at radius 3 is 2.53 bits per heavy atom. The van der Waals surface area contributed by atoms with Crippen molar-refractivity contribution in [1.82, 2.24) is 10.3 Å². The number of amides is 2. The van der Waals surface area contributed by atoms with Gasteiger partial charge in [0.15, 0.2) is 5.78 Å². The van der Waals surface area contributed by atoms with E-state index in [0.717, 1.165) is 6.42 Å². The van der Waals surface area contributed by atoms with Gasteiger partial charge in [-0.25, -0.2) is 9.78 Å². The molecule has 0 spiro atoms. The minimum atomic E-state index is -1.12. The van der Waals surface area contributed by atoms with E-state index in [1.54, 1.807) is 0 Å². The maximum Gasteiger partial charge on any atom is 0.414 e. The van der Waals surface area contributed by atoms with Crippen molar-refractivity contribution in [2.24, 2.45) is 34.0 Å². The van der Waals surface area contributed by atoms with Crippen LogP contribution in [0, 0.1) is 34.0 Å². The number of Topliss-reactive ketones (excluding diaryl/α,β-unsaturated/α-hetero) is 1. The largest absolute Gasteiger partial charge is 0.480 e. The number of pyridine rings is 1. The Morgan fingerprint density at radius 2 is 1.92 bits per heavy atom. The topological polar surface area (TPSA) is 161 Å². The van der Waals surface area contributed by atoms with Gasteiger partial charge in [-0.15, -0.1) is 0 Å². The van der Waals surface area contributed by atoms with Crippen LogP contribution in [-0.2, 0) is 9.53 Å². The smallest absolute Gasteiger partial charge is 0.414 e. The number of aromatic nitrogens is 1. The number of nitrogens with one attached hydrogen (secondary N) is 1. The zero-order valence-electron chi connectivity index (χ0n) is 23.1. The van der Waals surface area contributed by atoms with Crippen molar-refractivity contribution in [3.63, 3.8) is 0 Å². The van der Waals surface area contributed by atoms with Crippen LogP contribution in [0.2, 0.25) is 0 Å². The molecule has 3 fully saturated rings. The van der Waals surface area contributed by atoms with Crippen molar-refractivity contribution >= 4 is 23.5 Å². The number of nitrogens with two attached hydrogens (primary N) is 1. The Hall–Kier alpha value is -2.72. The highest BCUT2D eigenvalue weighted by molar-refractivity contribution is 6.03. The Bertz CT molecular complexity index is 1130. The fraction of sp³-hybridized carbons (Fsp3) is 0.714. The lowest BCUT2D eigenvalue weighted by molar-refractivity contribution is -0.198. The first kappa shape index (κ1) is 28.3. The summed E-state index contributed by atoms with van der Waals surface area (Å²) in [6.45, 7) is 9.99. The summed E-state index contributed by atoms with van der Waals surface area (Å²) in [4.78, 5) is 43.5. The summed E-state index contributed by atoms with van der Waals surface area (Å²) in [5, 5.41) is 24.7. The first-order valence-corrected chi connectivity index (χ1v) is 13.5. The molecular weight excluding hydrogens is 490 g/mol. The van der Waals surface area contributed by atoms with Crippen molar-refractivity contribution in [2.45, 2.75) is 85.0 Å². The number of ketones is 1. The van der Waals surface area contributed by atoms with Gasteiger partial charge in [-0.2, -0.15) is 0 Å². The van der Waals surface area contributed by atoms with Crippen LogP contribution < -0.4 is 15.8 Å². The van der Waals surface area contributed by atoms with Gasteiger partial charge in [0.2, 0.25) is 5.88 Å². The van der Waals surface area contributed by atoms with E-state index in [-0.39, 0.29) is 34.7 Å². The number of carbonyl (C=O) groups is 3. The van der Waals surface area contributed by atoms with Crippen LogP contribution in [0.1, 0.15) is 77.1 Å². The van der Waals surface area contributed by atoms with Crippen molar-refractivity contribution in [1.29, 1.82) is 0 Å². The summed E-state index contributed by atoms with van der Waals surface area (Å²) in [6, 6.07) is 1.35. The Labute approximate surface area is 223 Å². The molecule has 10 heteroatoms. The summed E-state index contributed by atoms with van der Waals surface area (Å²) >= 11 is 0. The van der Waals surface area contributed by atoms with E-state index in [4.69, 9.17) is 15.2 Å². The van der Waals surface area contributed by atoms with E-state index in [1.165, 1.54) is 19.4 Å². The third-order valence-corrected chi connectivity index (χ3v) is 10.5. The molecule has 10 nitrogen and oxygen atoms in total. The van der Waals surface area contributed by atoms with Crippen LogP contribution in [0.3, 0.4) is 0 Å². The lowest BCUT2D eigenvalue weighted by atomic mass is 9.43. The maximum atomic E-state index is 13.6. The summed E-state index contributed by atoms with van der Waals surface area (Å²) < 4.78 is 11.0. The Kier molecular flexibility index (Phi) is 7.29. The molecule has 4 rings (SSSR count). The van der Waals surface area contributed by atoms with Crippen molar-refractivity contribution in [3.8, 4) is 5.88 Å². The van der Waals surface area contributed by atoms with E-state index in [0.29, 0.717) is 25.7 Å². The van der Waals surface area contributed by atoms with Crippen LogP contribution >= 0.6 is 0 Å². The minimum Gasteiger partial charge on any atom is -0.480 e. The minimum absolute atomic E-state index is 0.00230. The van der Waals surface area contributed by atoms with Gasteiger partial charge in [0.1, 0.15) is 12.2 Å². The summed E-state index contributed by atoms with van der Waals surface area (Å²) in [7, 11) is 1.40. The highest BCUT2D eigenvalue weighted by atomic mass is 16.6. The number of anilines is 1. The molecule has 0 radical (unpaired) electrons. The van der Waals surface area contributed by atoms with E-state index < -0.39 is 52.5 Å². The fourth-order valence-electron chi connectivity index (χ4n) is 7.78. The number of aliphatic hydroxyl groups excluding tert-OH is 2. The molecule has 1 aromatic rings. The van der Waals surface area contributed by atoms with Crippen LogP contribution in [0.25, 0.3) is 0 Å². The second-order valence-corrected chi connectivity index (χ2v) is 12.2. The number of alkyl carbamates (subject to hydrolysis) is 1. The van der Waals surface area contributed by atoms with Gasteiger partial charge in [-0.05, 0) is 60.8 Å². The number of ether oxygens (including phenoxy) is 2. The van der Waals surface area contributed by atoms with Crippen LogP contribution in [0.4, 0.5) is 10.5 Å². The van der Waals surface area contributed by atoms with E-state index in [9.17, 15) is 24.6 Å². The number of nitrogen functional groups attached to an aromatic ring is 1. The Balaban J connectivity index is 1.70. The van der Waals surface area contributed by atoms with Crippen LogP contribution in [0.15, 0.2) is 12.3 Å². The molecule has 0 aromatic carbocycles. The van der Waals surface area contributed by atoms with Gasteiger partial charge in [0, 0.05) is 17.5 Å². The van der Waals surface area contributed by atoms with Gasteiger partial charge >= 0.3 is 6.09 Å². The molecule has 3 saturated carbocycles. The van der Waals surface area contributed by atoms with E-state index >= 15 is 0 Å². The second-order valence-electron chi connectivity index (χ2n) is 12.2. The summed E-state index contributed by atoms with van der Waals surface area (Å²) in [6.07, 6.45) is 0.327. The molecule has 0 aliphatic heterocycles.